The van der Waals surface area contributed by atoms with E-state index in [9.17, 15) is 138 Å². The maximum Gasteiger partial charge on any atom is 0.332 e. The van der Waals surface area contributed by atoms with Crippen molar-refractivity contribution >= 4 is 94.6 Å². The van der Waals surface area contributed by atoms with Crippen molar-refractivity contribution in [3.8, 4) is 69.0 Å². The van der Waals surface area contributed by atoms with E-state index in [-0.39, 0.29) is 62.2 Å². The van der Waals surface area contributed by atoms with Crippen LogP contribution in [0, 0.1) is 0 Å². The summed E-state index contributed by atoms with van der Waals surface area (Å²) < 4.78 is 47.0. The van der Waals surface area contributed by atoms with Crippen molar-refractivity contribution in [3.05, 3.63) is 142 Å². The Morgan fingerprint density at radius 3 is 0.841 bits per heavy atom. The predicted molar refractivity (Wildman–Crippen MR) is 423 cm³/mol. The fourth-order valence-corrected chi connectivity index (χ4v) is 11.1. The first-order valence-electron chi connectivity index (χ1n) is 38.4. The van der Waals surface area contributed by atoms with Crippen LogP contribution in [-0.2, 0) is 81.0 Å². The molecular formula is C81H90N8O37. The SMILES string of the molecule is CCC(=O)CCCCCNC(=O)c1cc(O)c(O)c(C(=O)N[C@H]2COC(=O)[C@@H](NC(=O)c3cccc(O)c3O)COC(=O)[C@@H](NC(=O)c3cccc(O)c3O)COC2=O)c1.CCC(=O)CCOCCOCCOCCNC(=O)c1cc(O)c(O)c(C(=O)N[C@H]2COC(=O)[C@@H](NC(=O)c3cccc(O)c3O)COC(=O)[C@@H](NC(=O)c3cccc(O)c3O)COC2=O)c1. The summed E-state index contributed by atoms with van der Waals surface area (Å²) in [4.78, 5) is 208. The Labute approximate surface area is 713 Å². The number of unbranched alkanes of at least 4 members (excludes halogenated alkanes) is 2. The summed E-state index contributed by atoms with van der Waals surface area (Å²) in [5, 5.41) is 140. The summed E-state index contributed by atoms with van der Waals surface area (Å²) in [7, 11) is 0. The van der Waals surface area contributed by atoms with Crippen molar-refractivity contribution in [3.63, 3.8) is 0 Å². The lowest BCUT2D eigenvalue weighted by atomic mass is 10.1. The molecule has 45 nitrogen and oxygen atoms in total. The molecule has 20 N–H and O–H groups in total. The van der Waals surface area contributed by atoms with Crippen LogP contribution in [0.3, 0.4) is 0 Å². The summed E-state index contributed by atoms with van der Waals surface area (Å²) in [6.07, 6.45) is 3.35. The molecule has 45 heteroatoms. The van der Waals surface area contributed by atoms with Gasteiger partial charge in [0.1, 0.15) is 51.2 Å². The van der Waals surface area contributed by atoms with Crippen LogP contribution in [-0.4, -0.2) is 285 Å². The number of phenolic OH excluding ortho intramolecular Hbond substituents is 12. The van der Waals surface area contributed by atoms with Gasteiger partial charge in [-0.15, -0.1) is 0 Å². The normalized spacial score (nSPS) is 16.8. The molecule has 8 rings (SSSR count). The number of cyclic esters (lactones) is 6. The maximum absolute atomic E-state index is 13.6. The van der Waals surface area contributed by atoms with Gasteiger partial charge in [0.05, 0.1) is 73.0 Å². The lowest BCUT2D eigenvalue weighted by Crippen LogP contribution is -2.52. The predicted octanol–water partition coefficient (Wildman–Crippen LogP) is -0.0639. The van der Waals surface area contributed by atoms with Crippen LogP contribution in [0.25, 0.3) is 0 Å². The summed E-state index contributed by atoms with van der Waals surface area (Å²) in [5.74, 6) is -27.3. The zero-order valence-corrected chi connectivity index (χ0v) is 67.1. The Bertz CT molecular complexity index is 4910. The van der Waals surface area contributed by atoms with Gasteiger partial charge in [0.15, 0.2) is 105 Å². The van der Waals surface area contributed by atoms with Crippen LogP contribution in [0.15, 0.2) is 97.1 Å². The molecule has 6 aromatic rings. The van der Waals surface area contributed by atoms with Crippen LogP contribution in [0.5, 0.6) is 69.0 Å². The van der Waals surface area contributed by atoms with E-state index in [0.717, 1.165) is 72.8 Å². The number of rotatable bonds is 34. The molecule has 0 bridgehead atoms. The summed E-state index contributed by atoms with van der Waals surface area (Å²) in [6.45, 7) is -1.28. The summed E-state index contributed by atoms with van der Waals surface area (Å²) in [5.41, 5.74) is -4.21. The minimum atomic E-state index is -2.00. The minimum absolute atomic E-state index is 0.0219. The number of esters is 6. The van der Waals surface area contributed by atoms with Crippen molar-refractivity contribution in [1.82, 2.24) is 42.5 Å². The van der Waals surface area contributed by atoms with Gasteiger partial charge in [-0.2, -0.15) is 0 Å². The zero-order chi connectivity index (χ0) is 92.4. The average molecular weight is 1770 g/mol. The van der Waals surface area contributed by atoms with E-state index in [2.05, 4.69) is 42.5 Å². The molecular weight excluding hydrogens is 1680 g/mol. The van der Waals surface area contributed by atoms with Gasteiger partial charge >= 0.3 is 35.8 Å². The summed E-state index contributed by atoms with van der Waals surface area (Å²) >= 11 is 0. The molecule has 0 aromatic heterocycles. The number of carbonyl (C=O) groups excluding carboxylic acids is 16. The fourth-order valence-electron chi connectivity index (χ4n) is 11.1. The second-order valence-electron chi connectivity index (χ2n) is 27.1. The van der Waals surface area contributed by atoms with Gasteiger partial charge in [-0.25, -0.2) is 28.8 Å². The highest BCUT2D eigenvalue weighted by Crippen LogP contribution is 2.35. The van der Waals surface area contributed by atoms with Crippen molar-refractivity contribution in [2.24, 2.45) is 0 Å². The Balaban J connectivity index is 0.000000347. The quantitative estimate of drug-likeness (QED) is 0.0109. The van der Waals surface area contributed by atoms with Gasteiger partial charge in [0, 0.05) is 49.9 Å². The number of aromatic hydroxyl groups is 12. The molecule has 8 amide bonds. The Hall–Kier alpha value is -15.3. The van der Waals surface area contributed by atoms with E-state index in [1.807, 2.05) is 0 Å². The first-order valence-corrected chi connectivity index (χ1v) is 38.4. The number of carbonyl (C=O) groups is 16. The zero-order valence-electron chi connectivity index (χ0n) is 67.1. The van der Waals surface area contributed by atoms with E-state index in [4.69, 9.17) is 42.6 Å². The standard InChI is InChI=1S/C42H48N4O20.C39H42N4O17/c1-2-23(47)9-11-61-13-15-63-16-14-62-12-10-43-36(54)22-17-26(35(53)32(50)18-22)39(57)46-29-21-66-41(59)27(44-37(55)24-5-3-7-30(48)33(24)51)19-64-40(58)28(20-65-42(29)60)45-38(56)25-6-4-8-31(49)34(25)52;1-2-20(44)8-4-3-5-13-40-33(51)19-14-23(32(50)29(47)15-19)36(54)43-26-18-60-38(56)24(41-34(52)21-9-6-11-27(45)30(21)48)16-58-37(55)25(17-59-39(26)57)42-35(53)22-10-7-12-28(46)31(22)49/h3-8,17-18,27-29,48-53H,2,9-16,19-21H2,1H3,(H,43,54)(H,44,55)(H,45,56)(H,46,57);6-7,9-12,14-15,24-26,45-50H,2-5,8,13,16-18H2,1H3,(H,40,51)(H,41,52)(H,42,53)(H,43,54)/t27-,28-,29-;24-,25-,26-/m00/s1. The molecule has 6 aromatic carbocycles. The Morgan fingerprint density at radius 1 is 0.294 bits per heavy atom. The van der Waals surface area contributed by atoms with Crippen LogP contribution in [0.4, 0.5) is 0 Å². The van der Waals surface area contributed by atoms with Gasteiger partial charge < -0.3 is 146 Å². The number of phenols is 12. The number of hydrogen-bond acceptors (Lipinski definition) is 37. The maximum atomic E-state index is 13.6. The smallest absolute Gasteiger partial charge is 0.332 e. The molecule has 0 radical (unpaired) electrons. The van der Waals surface area contributed by atoms with Gasteiger partial charge in [-0.3, -0.25) is 47.9 Å². The molecule has 2 heterocycles. The number of nitrogens with one attached hydrogen (secondary N) is 8. The van der Waals surface area contributed by atoms with E-state index < -0.39 is 261 Å². The Kier molecular flexibility index (Phi) is 37.1. The number of ketones is 2. The van der Waals surface area contributed by atoms with Crippen molar-refractivity contribution < 1.29 is 181 Å². The molecule has 6 atom stereocenters. The lowest BCUT2D eigenvalue weighted by molar-refractivity contribution is -0.163. The molecule has 0 spiro atoms. The van der Waals surface area contributed by atoms with Crippen molar-refractivity contribution in [2.45, 2.75) is 95.0 Å². The molecule has 0 aliphatic carbocycles. The topological polar surface area (TPSA) is 695 Å². The highest BCUT2D eigenvalue weighted by Gasteiger charge is 2.39. The molecule has 676 valence electrons. The molecule has 2 fully saturated rings. The molecule has 126 heavy (non-hydrogen) atoms. The Morgan fingerprint density at radius 2 is 0.548 bits per heavy atom. The minimum Gasteiger partial charge on any atom is -0.504 e. The number of ether oxygens (including phenoxy) is 9. The number of hydrogen-bond donors (Lipinski definition) is 20. The molecule has 2 saturated heterocycles. The number of benzene rings is 6. The van der Waals surface area contributed by atoms with E-state index in [1.54, 1.807) is 13.8 Å². The monoisotopic (exact) mass is 1770 g/mol. The third-order valence-electron chi connectivity index (χ3n) is 18.1. The van der Waals surface area contributed by atoms with Crippen LogP contribution >= 0.6 is 0 Å². The molecule has 2 aliphatic rings. The highest BCUT2D eigenvalue weighted by molar-refractivity contribution is 6.07. The molecule has 2 aliphatic heterocycles. The first kappa shape index (κ1) is 97.8. The number of amides is 8. The van der Waals surface area contributed by atoms with E-state index in [1.165, 1.54) is 24.3 Å². The summed E-state index contributed by atoms with van der Waals surface area (Å²) in [6, 6.07) is 5.15. The average Bonchev–Trinajstić information content (AvgIpc) is 0.827. The van der Waals surface area contributed by atoms with E-state index >= 15 is 0 Å². The van der Waals surface area contributed by atoms with Gasteiger partial charge in [0.25, 0.3) is 47.3 Å². The van der Waals surface area contributed by atoms with Crippen molar-refractivity contribution in [1.29, 1.82) is 0 Å². The third-order valence-corrected chi connectivity index (χ3v) is 18.1. The van der Waals surface area contributed by atoms with Crippen molar-refractivity contribution in [2.75, 3.05) is 92.4 Å². The second kappa shape index (κ2) is 47.8. The van der Waals surface area contributed by atoms with Crippen LogP contribution < -0.4 is 42.5 Å². The number of Topliss-reactive ketones (excluding diaryl/α,β-unsaturated/α-hetero) is 2. The largest absolute Gasteiger partial charge is 0.504 e. The van der Waals surface area contributed by atoms with Gasteiger partial charge in [0.2, 0.25) is 0 Å². The van der Waals surface area contributed by atoms with Gasteiger partial charge in [-0.05, 0) is 85.6 Å². The third kappa shape index (κ3) is 28.4. The first-order chi connectivity index (χ1) is 60.0. The fraction of sp³-hybridized carbons (Fsp3) is 0.358. The highest BCUT2D eigenvalue weighted by atomic mass is 16.6. The van der Waals surface area contributed by atoms with Crippen LogP contribution in [0.2, 0.25) is 0 Å². The number of para-hydroxylation sites is 4. The van der Waals surface area contributed by atoms with E-state index in [0.29, 0.717) is 58.2 Å². The second-order valence-corrected chi connectivity index (χ2v) is 27.1. The molecule has 0 saturated carbocycles. The molecule has 0 unspecified atom stereocenters. The van der Waals surface area contributed by atoms with Gasteiger partial charge in [-0.1, -0.05) is 44.5 Å². The van der Waals surface area contributed by atoms with Crippen LogP contribution in [0.1, 0.15) is 142 Å². The lowest BCUT2D eigenvalue weighted by Gasteiger charge is -2.25.